The number of fused-ring (bicyclic) bond motifs is 5. The van der Waals surface area contributed by atoms with Crippen LogP contribution in [0.25, 0.3) is 0 Å². The van der Waals surface area contributed by atoms with Crippen LogP contribution in [0.15, 0.2) is 41.5 Å². The predicted molar refractivity (Wildman–Crippen MR) is 116 cm³/mol. The van der Waals surface area contributed by atoms with Crippen molar-refractivity contribution in [2.75, 3.05) is 27.0 Å². The molecule has 1 fully saturated rings. The number of hydrogen-bond acceptors (Lipinski definition) is 7. The molecule has 32 heavy (non-hydrogen) atoms. The first-order chi connectivity index (χ1) is 15.6. The van der Waals surface area contributed by atoms with Crippen molar-refractivity contribution in [2.45, 2.75) is 38.0 Å². The highest BCUT2D eigenvalue weighted by atomic mass is 16.7. The molecule has 8 heteroatoms. The average Bonchev–Trinajstić information content (AvgIpc) is 3.47. The molecule has 4 heterocycles. The van der Waals surface area contributed by atoms with Gasteiger partial charge in [0.2, 0.25) is 18.4 Å². The zero-order valence-corrected chi connectivity index (χ0v) is 18.2. The van der Waals surface area contributed by atoms with Crippen molar-refractivity contribution in [1.29, 1.82) is 0 Å². The van der Waals surface area contributed by atoms with Gasteiger partial charge in [-0.3, -0.25) is 4.79 Å². The van der Waals surface area contributed by atoms with Crippen LogP contribution in [0.1, 0.15) is 43.4 Å². The average molecular weight is 435 g/mol. The summed E-state index contributed by atoms with van der Waals surface area (Å²) in [5.74, 6) is 3.12. The van der Waals surface area contributed by atoms with E-state index in [4.69, 9.17) is 24.0 Å². The van der Waals surface area contributed by atoms with Gasteiger partial charge in [-0.1, -0.05) is 12.1 Å². The molecule has 0 aromatic heterocycles. The van der Waals surface area contributed by atoms with Crippen molar-refractivity contribution in [1.82, 2.24) is 9.91 Å². The van der Waals surface area contributed by atoms with Gasteiger partial charge >= 0.3 is 0 Å². The van der Waals surface area contributed by atoms with Crippen molar-refractivity contribution in [3.8, 4) is 23.0 Å². The third kappa shape index (κ3) is 2.82. The van der Waals surface area contributed by atoms with Gasteiger partial charge in [-0.05, 0) is 24.3 Å². The number of hydrazone groups is 1. The van der Waals surface area contributed by atoms with Gasteiger partial charge in [0.25, 0.3) is 0 Å². The fraction of sp³-hybridized carbons (Fsp3) is 0.417. The van der Waals surface area contributed by atoms with Crippen molar-refractivity contribution in [2.24, 2.45) is 5.10 Å². The molecule has 0 saturated carbocycles. The number of hydrogen-bond donors (Lipinski definition) is 0. The minimum Gasteiger partial charge on any atom is -0.493 e. The minimum atomic E-state index is -0.615. The Morgan fingerprint density at radius 2 is 1.97 bits per heavy atom. The number of nitrogens with zero attached hydrogens (tertiary/aromatic N) is 3. The van der Waals surface area contributed by atoms with Gasteiger partial charge in [-0.15, -0.1) is 0 Å². The number of rotatable bonds is 2. The van der Waals surface area contributed by atoms with Gasteiger partial charge < -0.3 is 23.8 Å². The molecule has 4 aliphatic heterocycles. The minimum absolute atomic E-state index is 0.0400. The fourth-order valence-electron chi connectivity index (χ4n) is 5.18. The third-order valence-electron chi connectivity index (χ3n) is 6.90. The summed E-state index contributed by atoms with van der Waals surface area (Å²) >= 11 is 0. The molecule has 6 rings (SSSR count). The number of methoxy groups -OCH3 is 1. The third-order valence-corrected chi connectivity index (χ3v) is 6.90. The van der Waals surface area contributed by atoms with Crippen molar-refractivity contribution >= 4 is 11.6 Å². The summed E-state index contributed by atoms with van der Waals surface area (Å²) in [6, 6.07) is 12.0. The smallest absolute Gasteiger partial charge is 0.231 e. The standard InChI is InChI=1S/C24H25N3O5/c1-15(28)26-10-8-24(9-11-26)27-19(17-4-3-5-21(29-2)23(17)32-24)13-18(25-27)16-6-7-20-22(12-16)31-14-30-20/h3-7,12,19H,8-11,13-14H2,1-2H3/t19-/m0/s1. The molecule has 8 nitrogen and oxygen atoms in total. The molecule has 0 radical (unpaired) electrons. The quantitative estimate of drug-likeness (QED) is 0.721. The Hall–Kier alpha value is -3.42. The zero-order chi connectivity index (χ0) is 21.9. The first-order valence-electron chi connectivity index (χ1n) is 11.0. The first kappa shape index (κ1) is 19.3. The second-order valence-corrected chi connectivity index (χ2v) is 8.61. The second kappa shape index (κ2) is 7.05. The lowest BCUT2D eigenvalue weighted by Gasteiger charge is -2.51. The van der Waals surface area contributed by atoms with E-state index in [9.17, 15) is 4.79 Å². The first-order valence-corrected chi connectivity index (χ1v) is 11.0. The number of piperidine rings is 1. The van der Waals surface area contributed by atoms with Crippen molar-refractivity contribution < 1.29 is 23.7 Å². The van der Waals surface area contributed by atoms with Crippen LogP contribution in [0.2, 0.25) is 0 Å². The molecular weight excluding hydrogens is 410 g/mol. The van der Waals surface area contributed by atoms with Gasteiger partial charge in [0, 0.05) is 50.4 Å². The summed E-state index contributed by atoms with van der Waals surface area (Å²) in [4.78, 5) is 13.8. The number of likely N-dealkylation sites (tertiary alicyclic amines) is 1. The summed E-state index contributed by atoms with van der Waals surface area (Å²) in [5.41, 5.74) is 2.46. The largest absolute Gasteiger partial charge is 0.493 e. The summed E-state index contributed by atoms with van der Waals surface area (Å²) in [5, 5.41) is 7.22. The highest BCUT2D eigenvalue weighted by molar-refractivity contribution is 6.02. The number of para-hydroxylation sites is 1. The molecule has 1 amide bonds. The van der Waals surface area contributed by atoms with E-state index in [2.05, 4.69) is 11.1 Å². The lowest BCUT2D eigenvalue weighted by atomic mass is 9.90. The molecule has 1 saturated heterocycles. The van der Waals surface area contributed by atoms with E-state index in [1.807, 2.05) is 35.2 Å². The van der Waals surface area contributed by atoms with E-state index in [0.717, 1.165) is 46.3 Å². The van der Waals surface area contributed by atoms with Crippen LogP contribution in [0.4, 0.5) is 0 Å². The molecule has 166 valence electrons. The predicted octanol–water partition coefficient (Wildman–Crippen LogP) is 3.31. The number of carbonyl (C=O) groups excluding carboxylic acids is 1. The molecule has 4 aliphatic rings. The molecule has 1 spiro atoms. The topological polar surface area (TPSA) is 72.8 Å². The summed E-state index contributed by atoms with van der Waals surface area (Å²) in [7, 11) is 1.67. The lowest BCUT2D eigenvalue weighted by molar-refractivity contribution is -0.159. The van der Waals surface area contributed by atoms with Gasteiger partial charge in [0.05, 0.1) is 18.9 Å². The van der Waals surface area contributed by atoms with Crippen LogP contribution in [0.3, 0.4) is 0 Å². The Balaban J connectivity index is 1.41. The number of carbonyl (C=O) groups is 1. The molecule has 2 aromatic carbocycles. The van der Waals surface area contributed by atoms with Crippen LogP contribution in [0.5, 0.6) is 23.0 Å². The highest BCUT2D eigenvalue weighted by Crippen LogP contribution is 2.53. The van der Waals surface area contributed by atoms with Crippen LogP contribution in [-0.4, -0.2) is 54.2 Å². The number of benzene rings is 2. The fourth-order valence-corrected chi connectivity index (χ4v) is 5.18. The number of ether oxygens (including phenoxy) is 4. The van der Waals surface area contributed by atoms with E-state index >= 15 is 0 Å². The molecule has 0 N–H and O–H groups in total. The lowest BCUT2D eigenvalue weighted by Crippen LogP contribution is -2.59. The SMILES string of the molecule is COc1cccc2c1OC1(CCN(C(C)=O)CC1)N1N=C(c3ccc4c(c3)OCO4)C[C@@H]21. The van der Waals surface area contributed by atoms with Gasteiger partial charge in [-0.25, -0.2) is 5.01 Å². The van der Waals surface area contributed by atoms with Gasteiger partial charge in [0.1, 0.15) is 0 Å². The Morgan fingerprint density at radius 3 is 2.75 bits per heavy atom. The summed E-state index contributed by atoms with van der Waals surface area (Å²) < 4.78 is 23.4. The van der Waals surface area contributed by atoms with E-state index < -0.39 is 5.72 Å². The Kier molecular flexibility index (Phi) is 4.25. The molecular formula is C24H25N3O5. The van der Waals surface area contributed by atoms with E-state index in [0.29, 0.717) is 25.9 Å². The zero-order valence-electron chi connectivity index (χ0n) is 18.2. The van der Waals surface area contributed by atoms with Crippen LogP contribution in [0, 0.1) is 0 Å². The van der Waals surface area contributed by atoms with Crippen LogP contribution >= 0.6 is 0 Å². The Labute approximate surface area is 186 Å². The van der Waals surface area contributed by atoms with E-state index in [1.165, 1.54) is 0 Å². The molecule has 0 unspecified atom stereocenters. The molecule has 1 atom stereocenters. The molecule has 2 aromatic rings. The van der Waals surface area contributed by atoms with Gasteiger partial charge in [-0.2, -0.15) is 5.10 Å². The van der Waals surface area contributed by atoms with E-state index in [1.54, 1.807) is 14.0 Å². The Morgan fingerprint density at radius 1 is 1.16 bits per heavy atom. The normalized spacial score (nSPS) is 22.2. The highest BCUT2D eigenvalue weighted by Gasteiger charge is 2.52. The Bertz CT molecular complexity index is 1120. The maximum Gasteiger partial charge on any atom is 0.231 e. The molecule has 0 bridgehead atoms. The van der Waals surface area contributed by atoms with Crippen molar-refractivity contribution in [3.63, 3.8) is 0 Å². The maximum atomic E-state index is 11.9. The van der Waals surface area contributed by atoms with Crippen LogP contribution in [-0.2, 0) is 4.79 Å². The monoisotopic (exact) mass is 435 g/mol. The summed E-state index contributed by atoms with van der Waals surface area (Å²) in [6.45, 7) is 3.14. The molecule has 0 aliphatic carbocycles. The van der Waals surface area contributed by atoms with E-state index in [-0.39, 0.29) is 18.7 Å². The van der Waals surface area contributed by atoms with Gasteiger partial charge in [0.15, 0.2) is 23.0 Å². The van der Waals surface area contributed by atoms with Crippen molar-refractivity contribution in [3.05, 3.63) is 47.5 Å². The van der Waals surface area contributed by atoms with Crippen LogP contribution < -0.4 is 18.9 Å². The maximum absolute atomic E-state index is 11.9. The number of amides is 1. The second-order valence-electron chi connectivity index (χ2n) is 8.61. The summed E-state index contributed by atoms with van der Waals surface area (Å²) in [6.07, 6.45) is 2.11.